The molecule has 0 atom stereocenters. The van der Waals surface area contributed by atoms with Gasteiger partial charge in [0.05, 0.1) is 9.40 Å². The second-order valence-electron chi connectivity index (χ2n) is 10.3. The average molecular weight is 615 g/mol. The molecule has 4 aromatic heterocycles. The zero-order valence-corrected chi connectivity index (χ0v) is 27.6. The van der Waals surface area contributed by atoms with Gasteiger partial charge in [-0.2, -0.15) is 0 Å². The van der Waals surface area contributed by atoms with Crippen molar-refractivity contribution in [2.45, 2.75) is 104 Å². The van der Waals surface area contributed by atoms with Crippen LogP contribution >= 0.6 is 56.7 Å². The van der Waals surface area contributed by atoms with Gasteiger partial charge in [0.25, 0.3) is 4.06 Å². The topological polar surface area (TPSA) is 17.1 Å². The molecule has 0 radical (unpaired) electrons. The molecule has 0 aliphatic carbocycles. The highest BCUT2D eigenvalue weighted by atomic mass is 32.2. The highest BCUT2D eigenvalue weighted by molar-refractivity contribution is 7.39. The fraction of sp³-hybridized carbons (Fsp3) is 0.485. The first-order valence-corrected chi connectivity index (χ1v) is 19.0. The van der Waals surface area contributed by atoms with Crippen LogP contribution in [0.25, 0.3) is 33.7 Å². The normalized spacial score (nSPS) is 12.2. The van der Waals surface area contributed by atoms with E-state index in [9.17, 15) is 4.79 Å². The number of hydrogen-bond acceptors (Lipinski definition) is 6. The van der Waals surface area contributed by atoms with Gasteiger partial charge >= 0.3 is 0 Å². The van der Waals surface area contributed by atoms with Crippen LogP contribution in [-0.2, 0) is 12.8 Å². The molecule has 0 fully saturated rings. The number of rotatable bonds is 18. The predicted molar refractivity (Wildman–Crippen MR) is 185 cm³/mol. The molecular weight excluding hydrogens is 573 g/mol. The van der Waals surface area contributed by atoms with Crippen molar-refractivity contribution in [3.8, 4) is 0 Å². The lowest BCUT2D eigenvalue weighted by molar-refractivity contribution is 0.608. The number of fused-ring (bicyclic) bond motifs is 1. The van der Waals surface area contributed by atoms with Crippen molar-refractivity contribution in [1.82, 2.24) is 0 Å². The molecule has 4 rings (SSSR count). The third-order valence-electron chi connectivity index (χ3n) is 7.18. The molecule has 0 unspecified atom stereocenters. The lowest BCUT2D eigenvalue weighted by Crippen LogP contribution is -1.86. The van der Waals surface area contributed by atoms with Gasteiger partial charge < -0.3 is 0 Å². The Hall–Kier alpha value is -1.31. The van der Waals surface area contributed by atoms with E-state index in [0.717, 1.165) is 22.2 Å². The van der Waals surface area contributed by atoms with Crippen LogP contribution in [0.4, 0.5) is 0 Å². The van der Waals surface area contributed by atoms with Crippen LogP contribution in [0.3, 0.4) is 0 Å². The Balaban J connectivity index is 1.41. The predicted octanol–water partition coefficient (Wildman–Crippen LogP) is 12.7. The van der Waals surface area contributed by atoms with Crippen LogP contribution in [0.5, 0.6) is 0 Å². The molecule has 39 heavy (non-hydrogen) atoms. The smallest absolute Gasteiger partial charge is 0.265 e. The minimum Gasteiger partial charge on any atom is -0.265 e. The van der Waals surface area contributed by atoms with Crippen LogP contribution in [0.15, 0.2) is 27.7 Å². The summed E-state index contributed by atoms with van der Waals surface area (Å²) in [6.45, 7) is 4.55. The second kappa shape index (κ2) is 16.8. The first-order valence-electron chi connectivity index (χ1n) is 14.7. The Labute approximate surface area is 255 Å². The molecule has 1 nitrogen and oxygen atoms in total. The van der Waals surface area contributed by atoms with E-state index < -0.39 is 0 Å². The molecule has 6 heteroatoms. The molecule has 0 saturated heterocycles. The summed E-state index contributed by atoms with van der Waals surface area (Å²) in [7, 11) is 0. The standard InChI is InChI=1S/C33H42OS5/c1-3-5-7-9-11-13-15-25-21-23-35-27(25)17-19-29-31-32(39-33(34)38-31)30(37-29)20-18-28-26(22-24-36-28)16-14-12-10-8-6-4-2/h17-24H,3-16H2,1-2H3/b19-17+,20-18+. The summed E-state index contributed by atoms with van der Waals surface area (Å²) in [6, 6.07) is 4.59. The second-order valence-corrected chi connectivity index (χ2v) is 15.5. The van der Waals surface area contributed by atoms with E-state index in [-0.39, 0.29) is 4.06 Å². The lowest BCUT2D eigenvalue weighted by Gasteiger charge is -2.01. The van der Waals surface area contributed by atoms with Crippen molar-refractivity contribution in [1.29, 1.82) is 0 Å². The Morgan fingerprint density at radius 1 is 0.538 bits per heavy atom. The zero-order valence-electron chi connectivity index (χ0n) is 23.5. The van der Waals surface area contributed by atoms with E-state index in [1.807, 2.05) is 34.0 Å². The molecule has 0 aromatic carbocycles. The summed E-state index contributed by atoms with van der Waals surface area (Å²) < 4.78 is 2.49. The molecule has 0 bridgehead atoms. The maximum Gasteiger partial charge on any atom is 0.288 e. The lowest BCUT2D eigenvalue weighted by atomic mass is 10.1. The minimum atomic E-state index is 0.192. The highest BCUT2D eigenvalue weighted by Gasteiger charge is 2.13. The summed E-state index contributed by atoms with van der Waals surface area (Å²) in [6.07, 6.45) is 27.4. The van der Waals surface area contributed by atoms with Gasteiger partial charge in [0.1, 0.15) is 0 Å². The van der Waals surface area contributed by atoms with Gasteiger partial charge in [-0.1, -0.05) is 101 Å². The highest BCUT2D eigenvalue weighted by Crippen LogP contribution is 2.39. The molecular formula is C33H42OS5. The van der Waals surface area contributed by atoms with Gasteiger partial charge in [-0.05, 0) is 84.0 Å². The van der Waals surface area contributed by atoms with Gasteiger partial charge in [-0.3, -0.25) is 4.79 Å². The number of aryl methyl sites for hydroxylation is 2. The van der Waals surface area contributed by atoms with Crippen LogP contribution in [0.1, 0.15) is 122 Å². The van der Waals surface area contributed by atoms with Crippen molar-refractivity contribution in [2.24, 2.45) is 0 Å². The Kier molecular flexibility index (Phi) is 13.2. The summed E-state index contributed by atoms with van der Waals surface area (Å²) in [4.78, 5) is 17.5. The quantitative estimate of drug-likeness (QED) is 0.102. The molecule has 0 aliphatic rings. The molecule has 4 aromatic rings. The molecule has 4 heterocycles. The Bertz CT molecular complexity index is 1270. The van der Waals surface area contributed by atoms with Crippen molar-refractivity contribution >= 4 is 90.4 Å². The number of thiophene rings is 3. The van der Waals surface area contributed by atoms with E-state index in [2.05, 4.69) is 61.0 Å². The van der Waals surface area contributed by atoms with Gasteiger partial charge in [0, 0.05) is 19.5 Å². The van der Waals surface area contributed by atoms with Crippen LogP contribution < -0.4 is 4.06 Å². The van der Waals surface area contributed by atoms with E-state index in [1.165, 1.54) is 130 Å². The zero-order chi connectivity index (χ0) is 27.3. The summed E-state index contributed by atoms with van der Waals surface area (Å²) in [5, 5.41) is 4.44. The molecule has 0 aliphatic heterocycles. The van der Waals surface area contributed by atoms with E-state index >= 15 is 0 Å². The monoisotopic (exact) mass is 614 g/mol. The number of hydrogen-bond donors (Lipinski definition) is 0. The molecule has 0 saturated carbocycles. The first kappa shape index (κ1) is 30.6. The van der Waals surface area contributed by atoms with E-state index in [0.29, 0.717) is 0 Å². The SMILES string of the molecule is CCCCCCCCc1ccsc1/C=C/c1sc(/C=C/c2sccc2CCCCCCCC)c2sc(=O)sc12. The fourth-order valence-electron chi connectivity index (χ4n) is 4.93. The molecule has 210 valence electrons. The number of unbranched alkanes of at least 4 members (excludes halogenated alkanes) is 10. The first-order chi connectivity index (χ1) is 19.2. The Morgan fingerprint density at radius 2 is 0.949 bits per heavy atom. The molecule has 0 amide bonds. The molecule has 0 spiro atoms. The maximum absolute atomic E-state index is 12.4. The van der Waals surface area contributed by atoms with Crippen LogP contribution in [-0.4, -0.2) is 0 Å². The van der Waals surface area contributed by atoms with E-state index in [1.54, 1.807) is 0 Å². The van der Waals surface area contributed by atoms with Gasteiger partial charge in [0.2, 0.25) is 0 Å². The van der Waals surface area contributed by atoms with Crippen LogP contribution in [0.2, 0.25) is 0 Å². The average Bonchev–Trinajstić information content (AvgIpc) is 3.72. The van der Waals surface area contributed by atoms with Gasteiger partial charge in [-0.25, -0.2) is 0 Å². The van der Waals surface area contributed by atoms with Crippen molar-refractivity contribution in [3.05, 3.63) is 62.4 Å². The third kappa shape index (κ3) is 9.36. The van der Waals surface area contributed by atoms with Crippen molar-refractivity contribution in [3.63, 3.8) is 0 Å². The van der Waals surface area contributed by atoms with Gasteiger partial charge in [-0.15, -0.1) is 34.0 Å². The van der Waals surface area contributed by atoms with Crippen molar-refractivity contribution < 1.29 is 0 Å². The summed E-state index contributed by atoms with van der Waals surface area (Å²) >= 11 is 8.29. The largest absolute Gasteiger partial charge is 0.288 e. The van der Waals surface area contributed by atoms with E-state index in [4.69, 9.17) is 0 Å². The molecule has 0 N–H and O–H groups in total. The van der Waals surface area contributed by atoms with Crippen molar-refractivity contribution in [2.75, 3.05) is 0 Å². The Morgan fingerprint density at radius 3 is 1.41 bits per heavy atom. The minimum absolute atomic E-state index is 0.192. The maximum atomic E-state index is 12.4. The van der Waals surface area contributed by atoms with Crippen LogP contribution in [0, 0.1) is 0 Å². The summed E-state index contributed by atoms with van der Waals surface area (Å²) in [5.74, 6) is 0. The van der Waals surface area contributed by atoms with Gasteiger partial charge in [0.15, 0.2) is 0 Å². The third-order valence-corrected chi connectivity index (χ3v) is 12.6. The summed E-state index contributed by atoms with van der Waals surface area (Å²) in [5.41, 5.74) is 2.93. The fourth-order valence-corrected chi connectivity index (χ4v) is 10.1.